The third-order valence-corrected chi connectivity index (χ3v) is 4.03. The minimum Gasteiger partial charge on any atom is -0.494 e. The van der Waals surface area contributed by atoms with E-state index in [1.54, 1.807) is 4.90 Å². The zero-order valence-electron chi connectivity index (χ0n) is 12.8. The highest BCUT2D eigenvalue weighted by Crippen LogP contribution is 2.18. The van der Waals surface area contributed by atoms with E-state index in [9.17, 15) is 10.1 Å². The minimum absolute atomic E-state index is 0.0429. The van der Waals surface area contributed by atoms with Crippen LogP contribution in [0.3, 0.4) is 0 Å². The van der Waals surface area contributed by atoms with E-state index in [0.717, 1.165) is 31.7 Å². The summed E-state index contributed by atoms with van der Waals surface area (Å²) in [7, 11) is 0. The van der Waals surface area contributed by atoms with Crippen molar-refractivity contribution in [1.82, 2.24) is 4.90 Å². The number of nitrogens with zero attached hydrogens (tertiary/aromatic N) is 2. The Bertz CT molecular complexity index is 542. The van der Waals surface area contributed by atoms with E-state index in [4.69, 9.17) is 4.74 Å². The van der Waals surface area contributed by atoms with Gasteiger partial charge in [0.15, 0.2) is 0 Å². The number of amides is 1. The Kier molecular flexibility index (Phi) is 5.21. The maximum Gasteiger partial charge on any atom is 0.240 e. The molecule has 1 heterocycles. The molecule has 0 spiro atoms. The summed E-state index contributed by atoms with van der Waals surface area (Å²) in [6.07, 6.45) is 2.53. The summed E-state index contributed by atoms with van der Waals surface area (Å²) >= 11 is 0. The highest BCUT2D eigenvalue weighted by atomic mass is 16.5. The number of hydrogen-bond acceptors (Lipinski definition) is 3. The first-order valence-corrected chi connectivity index (χ1v) is 7.50. The summed E-state index contributed by atoms with van der Waals surface area (Å²) in [5.74, 6) is 0.164. The fraction of sp³-hybridized carbons (Fsp3) is 0.529. The van der Waals surface area contributed by atoms with Crippen LogP contribution < -0.4 is 4.74 Å². The predicted octanol–water partition coefficient (Wildman–Crippen LogP) is 2.83. The molecule has 21 heavy (non-hydrogen) atoms. The molecule has 1 aliphatic heterocycles. The lowest BCUT2D eigenvalue weighted by Crippen LogP contribution is -2.33. The molecule has 4 heteroatoms. The van der Waals surface area contributed by atoms with Crippen molar-refractivity contribution in [2.24, 2.45) is 5.92 Å². The van der Waals surface area contributed by atoms with Gasteiger partial charge in [-0.25, -0.2) is 0 Å². The zero-order valence-corrected chi connectivity index (χ0v) is 12.8. The van der Waals surface area contributed by atoms with Gasteiger partial charge in [-0.15, -0.1) is 0 Å². The van der Waals surface area contributed by atoms with Crippen molar-refractivity contribution in [1.29, 1.82) is 5.26 Å². The molecule has 1 unspecified atom stereocenters. The average Bonchev–Trinajstić information content (AvgIpc) is 3.01. The lowest BCUT2D eigenvalue weighted by molar-refractivity contribution is -0.133. The molecule has 0 radical (unpaired) electrons. The Balaban J connectivity index is 1.84. The van der Waals surface area contributed by atoms with Gasteiger partial charge in [-0.1, -0.05) is 6.07 Å². The van der Waals surface area contributed by atoms with E-state index >= 15 is 0 Å². The van der Waals surface area contributed by atoms with Crippen molar-refractivity contribution in [3.8, 4) is 11.8 Å². The van der Waals surface area contributed by atoms with Crippen molar-refractivity contribution in [2.45, 2.75) is 33.1 Å². The molecule has 1 saturated heterocycles. The van der Waals surface area contributed by atoms with Crippen molar-refractivity contribution >= 4 is 5.91 Å². The molecule has 0 bridgehead atoms. The van der Waals surface area contributed by atoms with Gasteiger partial charge in [0.2, 0.25) is 5.91 Å². The SMILES string of the molecule is Cc1ccc(OCCC(C#N)C(=O)N2CCCC2)cc1C. The highest BCUT2D eigenvalue weighted by molar-refractivity contribution is 5.81. The van der Waals surface area contributed by atoms with Gasteiger partial charge in [0.1, 0.15) is 11.7 Å². The fourth-order valence-electron chi connectivity index (χ4n) is 2.50. The number of carbonyl (C=O) groups excluding carboxylic acids is 1. The van der Waals surface area contributed by atoms with Crippen molar-refractivity contribution < 1.29 is 9.53 Å². The quantitative estimate of drug-likeness (QED) is 0.836. The van der Waals surface area contributed by atoms with Crippen LogP contribution in [-0.2, 0) is 4.79 Å². The molecule has 1 atom stereocenters. The van der Waals surface area contributed by atoms with E-state index in [2.05, 4.69) is 13.0 Å². The topological polar surface area (TPSA) is 53.3 Å². The normalized spacial score (nSPS) is 15.6. The first-order valence-electron chi connectivity index (χ1n) is 7.50. The minimum atomic E-state index is -0.588. The Morgan fingerprint density at radius 3 is 2.67 bits per heavy atom. The summed E-state index contributed by atoms with van der Waals surface area (Å²) in [5.41, 5.74) is 2.40. The van der Waals surface area contributed by atoms with E-state index < -0.39 is 5.92 Å². The molecule has 4 nitrogen and oxygen atoms in total. The molecule has 1 fully saturated rings. The number of ether oxygens (including phenoxy) is 1. The average molecular weight is 286 g/mol. The number of aryl methyl sites for hydroxylation is 2. The molecule has 1 amide bonds. The van der Waals surface area contributed by atoms with Crippen LogP contribution >= 0.6 is 0 Å². The van der Waals surface area contributed by atoms with Gasteiger partial charge in [0, 0.05) is 19.5 Å². The summed E-state index contributed by atoms with van der Waals surface area (Å²) in [6.45, 7) is 6.06. The van der Waals surface area contributed by atoms with Crippen molar-refractivity contribution in [2.75, 3.05) is 19.7 Å². The zero-order chi connectivity index (χ0) is 15.2. The highest BCUT2D eigenvalue weighted by Gasteiger charge is 2.26. The van der Waals surface area contributed by atoms with Crippen LogP contribution in [0.2, 0.25) is 0 Å². The molecule has 1 aromatic carbocycles. The predicted molar refractivity (Wildman–Crippen MR) is 80.9 cm³/mol. The maximum atomic E-state index is 12.2. The molecule has 1 aromatic rings. The maximum absolute atomic E-state index is 12.2. The molecule has 112 valence electrons. The summed E-state index contributed by atoms with van der Waals surface area (Å²) in [4.78, 5) is 14.0. The number of carbonyl (C=O) groups is 1. The van der Waals surface area contributed by atoms with Gasteiger partial charge >= 0.3 is 0 Å². The Hall–Kier alpha value is -2.02. The third-order valence-electron chi connectivity index (χ3n) is 4.03. The molecule has 1 aliphatic rings. The van der Waals surface area contributed by atoms with E-state index in [-0.39, 0.29) is 5.91 Å². The Morgan fingerprint density at radius 1 is 1.33 bits per heavy atom. The van der Waals surface area contributed by atoms with Crippen LogP contribution in [0.25, 0.3) is 0 Å². The van der Waals surface area contributed by atoms with E-state index in [1.807, 2.05) is 25.1 Å². The fourth-order valence-corrected chi connectivity index (χ4v) is 2.50. The molecule has 0 aliphatic carbocycles. The van der Waals surface area contributed by atoms with E-state index in [1.165, 1.54) is 11.1 Å². The van der Waals surface area contributed by atoms with Crippen LogP contribution in [0.4, 0.5) is 0 Å². The first-order chi connectivity index (χ1) is 10.1. The number of likely N-dealkylation sites (tertiary alicyclic amines) is 1. The molecule has 0 aromatic heterocycles. The van der Waals surface area contributed by atoms with Gasteiger partial charge in [0.25, 0.3) is 0 Å². The molecule has 0 saturated carbocycles. The van der Waals surface area contributed by atoms with Crippen LogP contribution in [0.15, 0.2) is 18.2 Å². The second-order valence-electron chi connectivity index (χ2n) is 5.60. The van der Waals surface area contributed by atoms with Gasteiger partial charge in [-0.2, -0.15) is 5.26 Å². The monoisotopic (exact) mass is 286 g/mol. The van der Waals surface area contributed by atoms with Crippen molar-refractivity contribution in [3.05, 3.63) is 29.3 Å². The molecular formula is C17H22N2O2. The summed E-state index contributed by atoms with van der Waals surface area (Å²) in [5, 5.41) is 9.18. The lowest BCUT2D eigenvalue weighted by atomic mass is 10.1. The van der Waals surface area contributed by atoms with Gasteiger partial charge < -0.3 is 9.64 Å². The standard InChI is InChI=1S/C17H22N2O2/c1-13-5-6-16(11-14(13)2)21-10-7-15(12-18)17(20)19-8-3-4-9-19/h5-6,11,15H,3-4,7-10H2,1-2H3. The number of nitriles is 1. The van der Waals surface area contributed by atoms with Gasteiger partial charge in [-0.3, -0.25) is 4.79 Å². The third kappa shape index (κ3) is 3.98. The number of hydrogen-bond donors (Lipinski definition) is 0. The first kappa shape index (κ1) is 15.4. The summed E-state index contributed by atoms with van der Waals surface area (Å²) in [6, 6.07) is 8.04. The Morgan fingerprint density at radius 2 is 2.05 bits per heavy atom. The molecule has 0 N–H and O–H groups in total. The van der Waals surface area contributed by atoms with Gasteiger partial charge in [0.05, 0.1) is 12.7 Å². The lowest BCUT2D eigenvalue weighted by Gasteiger charge is -2.18. The summed E-state index contributed by atoms with van der Waals surface area (Å²) < 4.78 is 5.67. The Labute approximate surface area is 126 Å². The van der Waals surface area contributed by atoms with E-state index in [0.29, 0.717) is 13.0 Å². The number of benzene rings is 1. The van der Waals surface area contributed by atoms with Crippen LogP contribution in [0.1, 0.15) is 30.4 Å². The second kappa shape index (κ2) is 7.12. The van der Waals surface area contributed by atoms with Crippen LogP contribution in [0.5, 0.6) is 5.75 Å². The smallest absolute Gasteiger partial charge is 0.240 e. The molecular weight excluding hydrogens is 264 g/mol. The van der Waals surface area contributed by atoms with Crippen LogP contribution in [0, 0.1) is 31.1 Å². The van der Waals surface area contributed by atoms with Crippen LogP contribution in [-0.4, -0.2) is 30.5 Å². The largest absolute Gasteiger partial charge is 0.494 e. The second-order valence-corrected chi connectivity index (χ2v) is 5.60. The van der Waals surface area contributed by atoms with Gasteiger partial charge in [-0.05, 0) is 49.9 Å². The van der Waals surface area contributed by atoms with Crippen molar-refractivity contribution in [3.63, 3.8) is 0 Å². The molecule has 2 rings (SSSR count). The number of rotatable bonds is 5.